The molecule has 15 nitrogen and oxygen atoms in total. The lowest BCUT2D eigenvalue weighted by Crippen LogP contribution is -2.57. The number of aliphatic hydroxyl groups is 4. The first kappa shape index (κ1) is 32.6. The van der Waals surface area contributed by atoms with Crippen LogP contribution in [-0.2, 0) is 29.0 Å². The number of oxime groups is 1. The van der Waals surface area contributed by atoms with Crippen molar-refractivity contribution in [1.29, 1.82) is 0 Å². The topological polar surface area (TPSA) is 231 Å². The smallest absolute Gasteiger partial charge is 0.466 e. The molecule has 1 saturated heterocycles. The van der Waals surface area contributed by atoms with E-state index in [2.05, 4.69) is 9.44 Å². The highest BCUT2D eigenvalue weighted by Crippen LogP contribution is 2.37. The minimum absolute atomic E-state index is 0.0235. The molecule has 1 aromatic carbocycles. The number of aromatic hydroxyl groups is 1. The zero-order chi connectivity index (χ0) is 29.2. The Morgan fingerprint density at radius 1 is 1.10 bits per heavy atom. The number of ether oxygens (including phenoxy) is 4. The van der Waals surface area contributed by atoms with Crippen molar-refractivity contribution in [2.45, 2.75) is 49.1 Å². The molecule has 1 fully saturated rings. The van der Waals surface area contributed by atoms with E-state index in [0.29, 0.717) is 23.7 Å². The van der Waals surface area contributed by atoms with E-state index in [4.69, 9.17) is 23.5 Å². The maximum atomic E-state index is 12.0. The number of nitrogens with zero attached hydrogens (tertiary/aromatic N) is 1. The second-order valence-corrected chi connectivity index (χ2v) is 10.2. The Labute approximate surface area is 228 Å². The van der Waals surface area contributed by atoms with Crippen LogP contribution in [0.15, 0.2) is 23.4 Å². The van der Waals surface area contributed by atoms with Gasteiger partial charge in [-0.15, -0.1) is 0 Å². The molecule has 0 unspecified atom stereocenters. The predicted molar refractivity (Wildman–Crippen MR) is 136 cm³/mol. The molecule has 2 rings (SSSR count). The van der Waals surface area contributed by atoms with E-state index in [1.165, 1.54) is 32.4 Å². The lowest BCUT2D eigenvalue weighted by molar-refractivity contribution is -0.205. The average Bonchev–Trinajstić information content (AvgIpc) is 2.90. The summed E-state index contributed by atoms with van der Waals surface area (Å²) in [6.07, 6.45) is -2.87. The first-order chi connectivity index (χ1) is 18.4. The summed E-state index contributed by atoms with van der Waals surface area (Å²) in [5.41, 5.74) is -0.757. The molecule has 17 heteroatoms. The summed E-state index contributed by atoms with van der Waals surface area (Å²) in [5.74, 6) is -0.548. The van der Waals surface area contributed by atoms with Gasteiger partial charge in [-0.2, -0.15) is 8.42 Å². The van der Waals surface area contributed by atoms with E-state index < -0.39 is 52.8 Å². The molecule has 220 valence electrons. The van der Waals surface area contributed by atoms with Gasteiger partial charge in [-0.05, 0) is 43.0 Å². The van der Waals surface area contributed by atoms with Crippen LogP contribution >= 0.6 is 11.8 Å². The highest BCUT2D eigenvalue weighted by molar-refractivity contribution is 8.14. The van der Waals surface area contributed by atoms with Crippen LogP contribution in [0.4, 0.5) is 0 Å². The quantitative estimate of drug-likeness (QED) is 0.0329. The second kappa shape index (κ2) is 15.2. The molecule has 6 N–H and O–H groups in total. The Morgan fingerprint density at radius 3 is 2.31 bits per heavy atom. The van der Waals surface area contributed by atoms with Crippen LogP contribution in [0.2, 0.25) is 0 Å². The van der Waals surface area contributed by atoms with Crippen molar-refractivity contribution < 1.29 is 66.5 Å². The van der Waals surface area contributed by atoms with Crippen molar-refractivity contribution in [1.82, 2.24) is 0 Å². The van der Waals surface area contributed by atoms with E-state index in [1.807, 2.05) is 0 Å². The van der Waals surface area contributed by atoms with Crippen molar-refractivity contribution in [2.75, 3.05) is 27.4 Å². The number of hydrogen-bond donors (Lipinski definition) is 6. The maximum absolute atomic E-state index is 12.0. The zero-order valence-corrected chi connectivity index (χ0v) is 22.6. The molecule has 1 aliphatic heterocycles. The zero-order valence-electron chi connectivity index (χ0n) is 20.9. The standard InChI is InChI=1S/C22H31NO14S2/c1-33-13-9-12(10-14(34-2)18(13)26)6-7-17(25)35-8-4-3-5-16(23-37-39(30,31)32)38-22-21(29)20(28)19(27)15(11-24)36-22/h6-7,9-10,15,19-22,24,26-29H,3-5,8,11H2,1-2H3,(H,30,31,32)/b7-6+,23-16+/t15-,19-,20+,21-,22+/m1/s1. The number of hydrogen-bond acceptors (Lipinski definition) is 15. The number of esters is 1. The summed E-state index contributed by atoms with van der Waals surface area (Å²) >= 11 is 0.654. The Hall–Kier alpha value is -2.64. The Bertz CT molecular complexity index is 1100. The summed E-state index contributed by atoms with van der Waals surface area (Å²) in [5, 5.41) is 52.5. The lowest BCUT2D eigenvalue weighted by Gasteiger charge is -2.39. The van der Waals surface area contributed by atoms with Gasteiger partial charge in [0, 0.05) is 6.08 Å². The van der Waals surface area contributed by atoms with Crippen LogP contribution in [0, 0.1) is 0 Å². The second-order valence-electron chi connectivity index (χ2n) is 8.03. The normalized spacial score (nSPS) is 24.0. The van der Waals surface area contributed by atoms with Gasteiger partial charge in [-0.1, -0.05) is 16.9 Å². The fraction of sp³-hybridized carbons (Fsp3) is 0.545. The van der Waals surface area contributed by atoms with Gasteiger partial charge < -0.3 is 44.5 Å². The van der Waals surface area contributed by atoms with E-state index in [-0.39, 0.29) is 41.7 Å². The summed E-state index contributed by atoms with van der Waals surface area (Å²) in [4.78, 5) is 12.0. The molecule has 0 aromatic heterocycles. The first-order valence-electron chi connectivity index (χ1n) is 11.4. The van der Waals surface area contributed by atoms with Crippen LogP contribution in [0.3, 0.4) is 0 Å². The fourth-order valence-corrected chi connectivity index (χ4v) is 4.63. The number of aliphatic hydroxyl groups excluding tert-OH is 4. The number of rotatable bonds is 13. The number of benzene rings is 1. The molecular weight excluding hydrogens is 566 g/mol. The van der Waals surface area contributed by atoms with Crippen molar-refractivity contribution in [3.8, 4) is 17.2 Å². The molecule has 0 saturated carbocycles. The number of phenols is 1. The Balaban J connectivity index is 1.91. The molecule has 1 heterocycles. The summed E-state index contributed by atoms with van der Waals surface area (Å²) in [6.45, 7) is -0.688. The van der Waals surface area contributed by atoms with Crippen molar-refractivity contribution in [3.05, 3.63) is 23.8 Å². The molecular formula is C22H31NO14S2. The predicted octanol–water partition coefficient (Wildman–Crippen LogP) is -0.198. The fourth-order valence-electron chi connectivity index (χ4n) is 3.29. The summed E-state index contributed by atoms with van der Waals surface area (Å²) < 4.78 is 55.3. The number of phenolic OH excluding ortho intramolecular Hbond substituents is 1. The van der Waals surface area contributed by atoms with Gasteiger partial charge >= 0.3 is 16.4 Å². The van der Waals surface area contributed by atoms with E-state index in [9.17, 15) is 38.7 Å². The van der Waals surface area contributed by atoms with Gasteiger partial charge in [-0.25, -0.2) is 9.08 Å². The van der Waals surface area contributed by atoms with Crippen molar-refractivity contribution in [3.63, 3.8) is 0 Å². The average molecular weight is 598 g/mol. The first-order valence-corrected chi connectivity index (χ1v) is 13.6. The largest absolute Gasteiger partial charge is 0.502 e. The molecule has 1 aliphatic rings. The van der Waals surface area contributed by atoms with Gasteiger partial charge in [0.2, 0.25) is 5.75 Å². The molecule has 39 heavy (non-hydrogen) atoms. The molecule has 0 bridgehead atoms. The van der Waals surface area contributed by atoms with Gasteiger partial charge in [0.1, 0.15) is 34.9 Å². The summed E-state index contributed by atoms with van der Waals surface area (Å²) in [7, 11) is -2.21. The lowest BCUT2D eigenvalue weighted by atomic mass is 10.0. The minimum atomic E-state index is -4.94. The van der Waals surface area contributed by atoms with Crippen LogP contribution < -0.4 is 9.47 Å². The third-order valence-corrected chi connectivity index (χ3v) is 6.71. The Morgan fingerprint density at radius 2 is 1.74 bits per heavy atom. The van der Waals surface area contributed by atoms with Gasteiger partial charge in [0.15, 0.2) is 11.5 Å². The maximum Gasteiger partial charge on any atom is 0.466 e. The third kappa shape index (κ3) is 10.1. The molecule has 1 aromatic rings. The number of unbranched alkanes of at least 4 members (excludes halogenated alkanes) is 1. The highest BCUT2D eigenvalue weighted by atomic mass is 32.3. The number of thioether (sulfide) groups is 1. The number of carbonyl (C=O) groups excluding carboxylic acids is 1. The molecule has 0 amide bonds. The SMILES string of the molecule is COc1cc(/C=C/C(=O)OCCCC/C(=N\OS(=O)(=O)O)S[C@@H]2O[C@H](CO)[C@@H](O)[C@H](O)[C@H]2O)cc(OC)c1O. The molecule has 5 atom stereocenters. The highest BCUT2D eigenvalue weighted by Gasteiger charge is 2.44. The van der Waals surface area contributed by atoms with Crippen molar-refractivity contribution >= 4 is 39.2 Å². The summed E-state index contributed by atoms with van der Waals surface area (Å²) in [6, 6.07) is 2.98. The van der Waals surface area contributed by atoms with Crippen LogP contribution in [0.25, 0.3) is 6.08 Å². The monoisotopic (exact) mass is 597 g/mol. The van der Waals surface area contributed by atoms with E-state index >= 15 is 0 Å². The van der Waals surface area contributed by atoms with Gasteiger partial charge in [0.25, 0.3) is 0 Å². The van der Waals surface area contributed by atoms with E-state index in [1.54, 1.807) is 0 Å². The number of carbonyl (C=O) groups is 1. The minimum Gasteiger partial charge on any atom is -0.502 e. The van der Waals surface area contributed by atoms with Crippen molar-refractivity contribution in [2.24, 2.45) is 5.16 Å². The van der Waals surface area contributed by atoms with Gasteiger partial charge in [0.05, 0.1) is 27.4 Å². The van der Waals surface area contributed by atoms with E-state index in [0.717, 1.165) is 6.08 Å². The van der Waals surface area contributed by atoms with Crippen LogP contribution in [-0.4, -0.2) is 107 Å². The third-order valence-electron chi connectivity index (χ3n) is 5.28. The van der Waals surface area contributed by atoms with Gasteiger partial charge in [-0.3, -0.25) is 4.55 Å². The molecule has 0 radical (unpaired) electrons. The van der Waals surface area contributed by atoms with Crippen LogP contribution in [0.1, 0.15) is 24.8 Å². The molecule has 0 aliphatic carbocycles. The Kier molecular flexibility index (Phi) is 12.7. The number of methoxy groups -OCH3 is 2. The molecule has 0 spiro atoms. The van der Waals surface area contributed by atoms with Crippen LogP contribution in [0.5, 0.6) is 17.2 Å².